The highest BCUT2D eigenvalue weighted by Crippen LogP contribution is 2.00. The number of hydrogen-bond acceptors (Lipinski definition) is 2. The van der Waals surface area contributed by atoms with Crippen molar-refractivity contribution < 1.29 is 9.90 Å². The number of allylic oxidation sites excluding steroid dienone is 1. The van der Waals surface area contributed by atoms with Gasteiger partial charge in [0.15, 0.2) is 0 Å². The minimum Gasteiger partial charge on any atom is -0.477 e. The van der Waals surface area contributed by atoms with Gasteiger partial charge in [0.1, 0.15) is 11.6 Å². The summed E-state index contributed by atoms with van der Waals surface area (Å²) in [6, 6.07) is 1.62. The molecule has 0 spiro atoms. The summed E-state index contributed by atoms with van der Waals surface area (Å²) >= 11 is 0. The average Bonchev–Trinajstić information content (AvgIpc) is 1.97. The monoisotopic (exact) mass is 153 g/mol. The van der Waals surface area contributed by atoms with Gasteiger partial charge in [0, 0.05) is 0 Å². The zero-order valence-corrected chi connectivity index (χ0v) is 6.50. The molecule has 0 aliphatic carbocycles. The largest absolute Gasteiger partial charge is 0.477 e. The first-order valence-electron chi connectivity index (χ1n) is 3.56. The van der Waals surface area contributed by atoms with Gasteiger partial charge in [-0.05, 0) is 6.42 Å². The van der Waals surface area contributed by atoms with E-state index in [9.17, 15) is 4.79 Å². The van der Waals surface area contributed by atoms with Gasteiger partial charge in [-0.1, -0.05) is 25.8 Å². The molecule has 0 aromatic carbocycles. The smallest absolute Gasteiger partial charge is 0.346 e. The highest BCUT2D eigenvalue weighted by atomic mass is 16.4. The lowest BCUT2D eigenvalue weighted by molar-refractivity contribution is -0.132. The third-order valence-electron chi connectivity index (χ3n) is 1.26. The van der Waals surface area contributed by atoms with Gasteiger partial charge < -0.3 is 5.11 Å². The van der Waals surface area contributed by atoms with Crippen LogP contribution >= 0.6 is 0 Å². The maximum absolute atomic E-state index is 10.2. The van der Waals surface area contributed by atoms with E-state index in [2.05, 4.69) is 0 Å². The van der Waals surface area contributed by atoms with E-state index in [1.54, 1.807) is 6.07 Å². The third kappa shape index (κ3) is 4.15. The molecule has 0 amide bonds. The molecular weight excluding hydrogens is 142 g/mol. The van der Waals surface area contributed by atoms with Gasteiger partial charge in [-0.25, -0.2) is 4.79 Å². The first-order chi connectivity index (χ1) is 5.22. The fraction of sp³-hybridized carbons (Fsp3) is 0.500. The number of rotatable bonds is 4. The van der Waals surface area contributed by atoms with Crippen LogP contribution in [0, 0.1) is 11.3 Å². The summed E-state index contributed by atoms with van der Waals surface area (Å²) in [5.41, 5.74) is -0.154. The van der Waals surface area contributed by atoms with Gasteiger partial charge in [-0.3, -0.25) is 0 Å². The van der Waals surface area contributed by atoms with E-state index in [1.165, 1.54) is 6.08 Å². The maximum atomic E-state index is 10.2. The van der Waals surface area contributed by atoms with Crippen molar-refractivity contribution in [1.82, 2.24) is 0 Å². The third-order valence-corrected chi connectivity index (χ3v) is 1.26. The predicted octanol–water partition coefficient (Wildman–Crippen LogP) is 1.71. The molecule has 0 fully saturated rings. The molecule has 0 atom stereocenters. The van der Waals surface area contributed by atoms with E-state index in [0.29, 0.717) is 6.42 Å². The number of carbonyl (C=O) groups is 1. The molecule has 0 saturated carbocycles. The van der Waals surface area contributed by atoms with Gasteiger partial charge in [-0.15, -0.1) is 0 Å². The Labute approximate surface area is 66.0 Å². The SMILES string of the molecule is CCCCC=C(C#N)C(=O)O. The van der Waals surface area contributed by atoms with Crippen LogP contribution in [0.3, 0.4) is 0 Å². The van der Waals surface area contributed by atoms with Crippen LogP contribution in [0.15, 0.2) is 11.6 Å². The summed E-state index contributed by atoms with van der Waals surface area (Å²) in [7, 11) is 0. The number of unbranched alkanes of at least 4 members (excludes halogenated alkanes) is 2. The molecule has 0 aromatic rings. The molecule has 11 heavy (non-hydrogen) atoms. The number of nitriles is 1. The molecule has 0 unspecified atom stereocenters. The predicted molar refractivity (Wildman–Crippen MR) is 40.9 cm³/mol. The van der Waals surface area contributed by atoms with E-state index >= 15 is 0 Å². The Kier molecular flexibility index (Phi) is 4.83. The molecule has 60 valence electrons. The van der Waals surface area contributed by atoms with Crippen LogP contribution in [0.2, 0.25) is 0 Å². The van der Waals surface area contributed by atoms with Crippen LogP contribution in [0.5, 0.6) is 0 Å². The van der Waals surface area contributed by atoms with Gasteiger partial charge in [0.25, 0.3) is 0 Å². The Balaban J connectivity index is 3.95. The highest BCUT2D eigenvalue weighted by molar-refractivity contribution is 5.90. The first-order valence-corrected chi connectivity index (χ1v) is 3.56. The van der Waals surface area contributed by atoms with Crippen molar-refractivity contribution in [1.29, 1.82) is 5.26 Å². The Morgan fingerprint density at radius 1 is 1.73 bits per heavy atom. The van der Waals surface area contributed by atoms with Crippen LogP contribution in [-0.2, 0) is 4.79 Å². The normalized spacial score (nSPS) is 10.7. The van der Waals surface area contributed by atoms with E-state index in [1.807, 2.05) is 6.92 Å². The Morgan fingerprint density at radius 2 is 2.36 bits per heavy atom. The standard InChI is InChI=1S/C8H11NO2/c1-2-3-4-5-7(6-9)8(10)11/h5H,2-4H2,1H3,(H,10,11). The van der Waals surface area contributed by atoms with Crippen molar-refractivity contribution in [3.63, 3.8) is 0 Å². The molecule has 0 aliphatic heterocycles. The maximum Gasteiger partial charge on any atom is 0.346 e. The second-order valence-electron chi connectivity index (χ2n) is 2.18. The number of aliphatic carboxylic acids is 1. The number of carboxylic acids is 1. The van der Waals surface area contributed by atoms with Crippen LogP contribution in [0.25, 0.3) is 0 Å². The lowest BCUT2D eigenvalue weighted by Crippen LogP contribution is -1.97. The molecule has 0 radical (unpaired) electrons. The van der Waals surface area contributed by atoms with Gasteiger partial charge >= 0.3 is 5.97 Å². The summed E-state index contributed by atoms with van der Waals surface area (Å²) in [6.45, 7) is 2.01. The number of hydrogen-bond donors (Lipinski definition) is 1. The average molecular weight is 153 g/mol. The van der Waals surface area contributed by atoms with Crippen LogP contribution in [-0.4, -0.2) is 11.1 Å². The van der Waals surface area contributed by atoms with Crippen molar-refractivity contribution in [3.8, 4) is 6.07 Å². The Hall–Kier alpha value is -1.30. The van der Waals surface area contributed by atoms with Crippen molar-refractivity contribution in [2.24, 2.45) is 0 Å². The van der Waals surface area contributed by atoms with Gasteiger partial charge in [0.2, 0.25) is 0 Å². The van der Waals surface area contributed by atoms with Gasteiger partial charge in [-0.2, -0.15) is 5.26 Å². The zero-order chi connectivity index (χ0) is 8.69. The van der Waals surface area contributed by atoms with E-state index in [0.717, 1.165) is 12.8 Å². The molecule has 1 N–H and O–H groups in total. The Bertz CT molecular complexity index is 201. The van der Waals surface area contributed by atoms with Crippen molar-refractivity contribution in [2.45, 2.75) is 26.2 Å². The molecule has 0 saturated heterocycles. The molecule has 3 nitrogen and oxygen atoms in total. The first kappa shape index (κ1) is 9.70. The fourth-order valence-electron chi connectivity index (χ4n) is 0.631. The number of carboxylic acid groups (broad SMARTS) is 1. The van der Waals surface area contributed by atoms with Crippen molar-refractivity contribution >= 4 is 5.97 Å². The summed E-state index contributed by atoms with van der Waals surface area (Å²) in [4.78, 5) is 10.2. The molecule has 0 bridgehead atoms. The zero-order valence-electron chi connectivity index (χ0n) is 6.50. The highest BCUT2D eigenvalue weighted by Gasteiger charge is 2.02. The topological polar surface area (TPSA) is 61.1 Å². The molecule has 3 heteroatoms. The minimum atomic E-state index is -1.14. The quantitative estimate of drug-likeness (QED) is 0.380. The Morgan fingerprint density at radius 3 is 2.73 bits per heavy atom. The van der Waals surface area contributed by atoms with Crippen molar-refractivity contribution in [2.75, 3.05) is 0 Å². The summed E-state index contributed by atoms with van der Waals surface area (Å²) in [5, 5.41) is 16.7. The molecule has 0 aliphatic rings. The van der Waals surface area contributed by atoms with Crippen LogP contribution < -0.4 is 0 Å². The molecule has 0 aromatic heterocycles. The van der Waals surface area contributed by atoms with Crippen LogP contribution in [0.4, 0.5) is 0 Å². The fourth-order valence-corrected chi connectivity index (χ4v) is 0.631. The lowest BCUT2D eigenvalue weighted by Gasteiger charge is -1.89. The molecule has 0 rings (SSSR count). The van der Waals surface area contributed by atoms with E-state index in [-0.39, 0.29) is 5.57 Å². The van der Waals surface area contributed by atoms with E-state index in [4.69, 9.17) is 10.4 Å². The summed E-state index contributed by atoms with van der Waals surface area (Å²) in [6.07, 6.45) is 4.07. The minimum absolute atomic E-state index is 0.154. The summed E-state index contributed by atoms with van der Waals surface area (Å²) in [5.74, 6) is -1.14. The molecular formula is C8H11NO2. The van der Waals surface area contributed by atoms with E-state index < -0.39 is 5.97 Å². The van der Waals surface area contributed by atoms with Crippen molar-refractivity contribution in [3.05, 3.63) is 11.6 Å². The summed E-state index contributed by atoms with van der Waals surface area (Å²) < 4.78 is 0. The second kappa shape index (κ2) is 5.48. The molecule has 0 heterocycles. The second-order valence-corrected chi connectivity index (χ2v) is 2.18. The number of nitrogens with zero attached hydrogens (tertiary/aromatic N) is 1. The lowest BCUT2D eigenvalue weighted by atomic mass is 10.2. The van der Waals surface area contributed by atoms with Gasteiger partial charge in [0.05, 0.1) is 0 Å². The van der Waals surface area contributed by atoms with Crippen LogP contribution in [0.1, 0.15) is 26.2 Å².